The first-order valence-electron chi connectivity index (χ1n) is 2.87. The van der Waals surface area contributed by atoms with Gasteiger partial charge < -0.3 is 0 Å². The first-order valence-corrected chi connectivity index (χ1v) is 3.41. The van der Waals surface area contributed by atoms with Crippen LogP contribution in [0.2, 0.25) is 0 Å². The van der Waals surface area contributed by atoms with Gasteiger partial charge in [0.15, 0.2) is 6.17 Å². The molecule has 0 spiro atoms. The van der Waals surface area contributed by atoms with Crippen molar-refractivity contribution in [1.82, 2.24) is 0 Å². The number of halogens is 3. The molecule has 0 aromatic rings. The standard InChI is InChI=1S/C7H6ClF2/c8-4-5-6(9)2-1-3-7(5)10/h1-3,5H,4H2. The lowest BCUT2D eigenvalue weighted by Crippen LogP contribution is -2.11. The van der Waals surface area contributed by atoms with Crippen LogP contribution in [0.25, 0.3) is 0 Å². The summed E-state index contributed by atoms with van der Waals surface area (Å²) >= 11 is 5.29. The van der Waals surface area contributed by atoms with Crippen LogP contribution in [-0.2, 0) is 0 Å². The lowest BCUT2D eigenvalue weighted by atomic mass is 10.00. The van der Waals surface area contributed by atoms with E-state index in [9.17, 15) is 8.78 Å². The Morgan fingerprint density at radius 2 is 2.20 bits per heavy atom. The smallest absolute Gasteiger partial charge is 0.177 e. The number of allylic oxidation sites excluding steroid dienone is 4. The molecule has 0 saturated heterocycles. The summed E-state index contributed by atoms with van der Waals surface area (Å²) in [6.45, 7) is 0. The first kappa shape index (κ1) is 7.73. The number of hydrogen-bond acceptors (Lipinski definition) is 0. The molecule has 0 N–H and O–H groups in total. The summed E-state index contributed by atoms with van der Waals surface area (Å²) in [5, 5.41) is 0. The molecule has 0 heterocycles. The van der Waals surface area contributed by atoms with Crippen molar-refractivity contribution in [2.45, 2.75) is 0 Å². The van der Waals surface area contributed by atoms with Gasteiger partial charge in [0.2, 0.25) is 0 Å². The summed E-state index contributed by atoms with van der Waals surface area (Å²) in [5.74, 6) is -1.40. The molecule has 1 aliphatic carbocycles. The van der Waals surface area contributed by atoms with Crippen molar-refractivity contribution in [2.24, 2.45) is 5.92 Å². The Hall–Kier alpha value is -0.370. The molecule has 0 nitrogen and oxygen atoms in total. The molecule has 1 atom stereocenters. The van der Waals surface area contributed by atoms with Crippen LogP contribution in [0.3, 0.4) is 0 Å². The zero-order valence-electron chi connectivity index (χ0n) is 5.15. The van der Waals surface area contributed by atoms with E-state index >= 15 is 0 Å². The van der Waals surface area contributed by atoms with E-state index in [4.69, 9.17) is 11.6 Å². The molecule has 0 amide bonds. The third kappa shape index (κ3) is 1.37. The van der Waals surface area contributed by atoms with Gasteiger partial charge in [0, 0.05) is 5.88 Å². The largest absolute Gasteiger partial charge is 0.235 e. The predicted octanol–water partition coefficient (Wildman–Crippen LogP) is 2.77. The number of hydrogen-bond donors (Lipinski definition) is 0. The van der Waals surface area contributed by atoms with Gasteiger partial charge >= 0.3 is 0 Å². The Balaban J connectivity index is 2.71. The summed E-state index contributed by atoms with van der Waals surface area (Å²) in [7, 11) is 0. The molecule has 1 rings (SSSR count). The van der Waals surface area contributed by atoms with E-state index < -0.39 is 17.9 Å². The molecule has 0 saturated carbocycles. The fraction of sp³-hybridized carbons (Fsp3) is 0.286. The van der Waals surface area contributed by atoms with Crippen LogP contribution < -0.4 is 0 Å². The zero-order valence-corrected chi connectivity index (χ0v) is 5.91. The molecule has 1 aliphatic rings. The van der Waals surface area contributed by atoms with Gasteiger partial charge in [-0.25, -0.2) is 8.78 Å². The maximum atomic E-state index is 12.6. The average Bonchev–Trinajstić information content (AvgIpc) is 1.88. The highest BCUT2D eigenvalue weighted by atomic mass is 35.5. The van der Waals surface area contributed by atoms with Crippen molar-refractivity contribution in [3.63, 3.8) is 0 Å². The van der Waals surface area contributed by atoms with Gasteiger partial charge in [-0.3, -0.25) is 0 Å². The minimum atomic E-state index is -0.855. The highest BCUT2D eigenvalue weighted by Gasteiger charge is 2.25. The van der Waals surface area contributed by atoms with Crippen LogP contribution in [0.5, 0.6) is 0 Å². The number of alkyl halides is 1. The fourth-order valence-electron chi connectivity index (χ4n) is 0.743. The molecule has 55 valence electrons. The summed E-state index contributed by atoms with van der Waals surface area (Å²) in [5.41, 5.74) is 0. The van der Waals surface area contributed by atoms with E-state index in [2.05, 4.69) is 0 Å². The SMILES string of the molecule is F[C]1C=CC=C(F)C1CCl. The minimum Gasteiger partial charge on any atom is -0.235 e. The van der Waals surface area contributed by atoms with Gasteiger partial charge in [-0.15, -0.1) is 11.6 Å². The third-order valence-corrected chi connectivity index (χ3v) is 1.64. The Kier molecular flexibility index (Phi) is 2.44. The van der Waals surface area contributed by atoms with E-state index in [1.165, 1.54) is 18.2 Å². The Morgan fingerprint density at radius 3 is 2.60 bits per heavy atom. The minimum absolute atomic E-state index is 0.0431. The number of rotatable bonds is 1. The monoisotopic (exact) mass is 163 g/mol. The van der Waals surface area contributed by atoms with Crippen molar-refractivity contribution in [3.05, 3.63) is 30.2 Å². The summed E-state index contributed by atoms with van der Waals surface area (Å²) in [6, 6.07) is 0. The molecule has 0 fully saturated rings. The van der Waals surface area contributed by atoms with E-state index in [0.29, 0.717) is 0 Å². The third-order valence-electron chi connectivity index (χ3n) is 1.33. The van der Waals surface area contributed by atoms with Gasteiger partial charge in [0.25, 0.3) is 0 Å². The molecule has 0 bridgehead atoms. The van der Waals surface area contributed by atoms with Crippen LogP contribution in [-0.4, -0.2) is 5.88 Å². The maximum Gasteiger partial charge on any atom is 0.177 e. The van der Waals surface area contributed by atoms with Crippen LogP contribution in [0.1, 0.15) is 0 Å². The average molecular weight is 164 g/mol. The molecule has 1 unspecified atom stereocenters. The maximum absolute atomic E-state index is 12.6. The second-order valence-electron chi connectivity index (χ2n) is 2.00. The van der Waals surface area contributed by atoms with Crippen LogP contribution in [0, 0.1) is 12.1 Å². The molecule has 3 heteroatoms. The van der Waals surface area contributed by atoms with E-state index in [1.54, 1.807) is 0 Å². The highest BCUT2D eigenvalue weighted by molar-refractivity contribution is 6.18. The lowest BCUT2D eigenvalue weighted by Gasteiger charge is -2.14. The second kappa shape index (κ2) is 3.15. The quantitative estimate of drug-likeness (QED) is 0.522. The van der Waals surface area contributed by atoms with E-state index in [0.717, 1.165) is 0 Å². The molecule has 0 aromatic carbocycles. The molecular weight excluding hydrogens is 158 g/mol. The normalized spacial score (nSPS) is 26.7. The van der Waals surface area contributed by atoms with Crippen LogP contribution >= 0.6 is 11.6 Å². The van der Waals surface area contributed by atoms with Crippen molar-refractivity contribution < 1.29 is 8.78 Å². The fourth-order valence-corrected chi connectivity index (χ4v) is 1.04. The van der Waals surface area contributed by atoms with Gasteiger partial charge in [0.1, 0.15) is 5.83 Å². The Morgan fingerprint density at radius 1 is 1.50 bits per heavy atom. The summed E-state index contributed by atoms with van der Waals surface area (Å²) in [4.78, 5) is 0. The van der Waals surface area contributed by atoms with Crippen molar-refractivity contribution in [3.8, 4) is 0 Å². The summed E-state index contributed by atoms with van der Waals surface area (Å²) < 4.78 is 25.1. The van der Waals surface area contributed by atoms with E-state index in [-0.39, 0.29) is 5.88 Å². The van der Waals surface area contributed by atoms with Gasteiger partial charge in [-0.2, -0.15) is 0 Å². The molecular formula is C7H6ClF2. The Bertz CT molecular complexity index is 174. The zero-order chi connectivity index (χ0) is 7.56. The van der Waals surface area contributed by atoms with Gasteiger partial charge in [-0.1, -0.05) is 6.08 Å². The van der Waals surface area contributed by atoms with Gasteiger partial charge in [-0.05, 0) is 12.2 Å². The van der Waals surface area contributed by atoms with Crippen LogP contribution in [0.15, 0.2) is 24.1 Å². The first-order chi connectivity index (χ1) is 4.75. The molecule has 1 radical (unpaired) electrons. The Labute approximate surface area is 63.2 Å². The van der Waals surface area contributed by atoms with Crippen molar-refractivity contribution in [1.29, 1.82) is 0 Å². The van der Waals surface area contributed by atoms with Gasteiger partial charge in [0.05, 0.1) is 5.92 Å². The summed E-state index contributed by atoms with van der Waals surface area (Å²) in [6.07, 6.45) is 3.26. The van der Waals surface area contributed by atoms with E-state index in [1.807, 2.05) is 0 Å². The predicted molar refractivity (Wildman–Crippen MR) is 36.9 cm³/mol. The molecule has 10 heavy (non-hydrogen) atoms. The second-order valence-corrected chi connectivity index (χ2v) is 2.31. The highest BCUT2D eigenvalue weighted by Crippen LogP contribution is 2.30. The van der Waals surface area contributed by atoms with Crippen LogP contribution in [0.4, 0.5) is 8.78 Å². The van der Waals surface area contributed by atoms with Crippen molar-refractivity contribution >= 4 is 11.6 Å². The topological polar surface area (TPSA) is 0 Å². The van der Waals surface area contributed by atoms with Crippen molar-refractivity contribution in [2.75, 3.05) is 5.88 Å². The molecule has 0 aliphatic heterocycles. The molecule has 0 aromatic heterocycles. The lowest BCUT2D eigenvalue weighted by molar-refractivity contribution is 0.396.